The van der Waals surface area contributed by atoms with Crippen LogP contribution in [0.25, 0.3) is 0 Å². The second-order valence-corrected chi connectivity index (χ2v) is 4.65. The highest BCUT2D eigenvalue weighted by Crippen LogP contribution is 2.24. The molecule has 0 aromatic heterocycles. The normalized spacial score (nSPS) is 12.5. The summed E-state index contributed by atoms with van der Waals surface area (Å²) in [5.74, 6) is 0.822. The zero-order valence-corrected chi connectivity index (χ0v) is 10.5. The average Bonchev–Trinajstić information content (AvgIpc) is 2.25. The van der Waals surface area contributed by atoms with Crippen molar-refractivity contribution in [3.8, 4) is 0 Å². The van der Waals surface area contributed by atoms with E-state index in [2.05, 4.69) is 44.7 Å². The third kappa shape index (κ3) is 3.34. The Kier molecular flexibility index (Phi) is 4.48. The first-order valence-electron chi connectivity index (χ1n) is 5.81. The second kappa shape index (κ2) is 5.64. The van der Waals surface area contributed by atoms with Crippen LogP contribution in [-0.2, 0) is 0 Å². The maximum Gasteiger partial charge on any atom is 0.00674 e. The van der Waals surface area contributed by atoms with E-state index < -0.39 is 0 Å². The summed E-state index contributed by atoms with van der Waals surface area (Å²) in [5, 5.41) is 7.57. The minimum atomic E-state index is 0.274. The van der Waals surface area contributed by atoms with Gasteiger partial charge in [0.15, 0.2) is 0 Å². The average molecular weight is 215 g/mol. The Bertz CT molecular complexity index is 377. The third-order valence-corrected chi connectivity index (χ3v) is 2.82. The van der Waals surface area contributed by atoms with Gasteiger partial charge in [-0.05, 0) is 30.4 Å². The fourth-order valence-electron chi connectivity index (χ4n) is 1.82. The highest BCUT2D eigenvalue weighted by molar-refractivity contribution is 5.79. The number of hydrogen-bond acceptors (Lipinski definition) is 1. The molecule has 0 aliphatic rings. The Morgan fingerprint density at radius 3 is 2.50 bits per heavy atom. The van der Waals surface area contributed by atoms with E-state index in [9.17, 15) is 0 Å². The highest BCUT2D eigenvalue weighted by Gasteiger charge is 2.09. The molecule has 0 radical (unpaired) electrons. The first-order valence-corrected chi connectivity index (χ1v) is 5.81. The first kappa shape index (κ1) is 12.7. The van der Waals surface area contributed by atoms with Crippen LogP contribution in [0.2, 0.25) is 0 Å². The van der Waals surface area contributed by atoms with Crippen molar-refractivity contribution in [1.29, 1.82) is 5.41 Å². The van der Waals surface area contributed by atoms with Crippen LogP contribution in [-0.4, -0.2) is 5.71 Å². The fraction of sp³-hybridized carbons (Fsp3) is 0.400. The van der Waals surface area contributed by atoms with Crippen LogP contribution in [0.5, 0.6) is 0 Å². The van der Waals surface area contributed by atoms with E-state index >= 15 is 0 Å². The van der Waals surface area contributed by atoms with Gasteiger partial charge >= 0.3 is 0 Å². The van der Waals surface area contributed by atoms with Crippen molar-refractivity contribution in [2.75, 3.05) is 0 Å². The largest absolute Gasteiger partial charge is 0.310 e. The number of allylic oxidation sites excluding steroid dienone is 1. The van der Waals surface area contributed by atoms with E-state index in [1.165, 1.54) is 11.1 Å². The van der Waals surface area contributed by atoms with Gasteiger partial charge in [-0.25, -0.2) is 0 Å². The molecule has 0 spiro atoms. The molecule has 16 heavy (non-hydrogen) atoms. The van der Waals surface area contributed by atoms with Crippen LogP contribution in [0.1, 0.15) is 50.2 Å². The molecule has 1 N–H and O–H groups in total. The summed E-state index contributed by atoms with van der Waals surface area (Å²) >= 11 is 0. The molecule has 1 nitrogen and oxygen atoms in total. The molecule has 1 rings (SSSR count). The van der Waals surface area contributed by atoms with E-state index in [4.69, 9.17) is 5.41 Å². The summed E-state index contributed by atoms with van der Waals surface area (Å²) < 4.78 is 0. The lowest BCUT2D eigenvalue weighted by atomic mass is 9.90. The number of benzene rings is 1. The maximum absolute atomic E-state index is 7.57. The van der Waals surface area contributed by atoms with E-state index in [-0.39, 0.29) is 5.92 Å². The van der Waals surface area contributed by atoms with Crippen LogP contribution >= 0.6 is 0 Å². The lowest BCUT2D eigenvalue weighted by Gasteiger charge is -2.14. The molecular weight excluding hydrogens is 194 g/mol. The van der Waals surface area contributed by atoms with Crippen molar-refractivity contribution in [3.05, 3.63) is 48.0 Å². The summed E-state index contributed by atoms with van der Waals surface area (Å²) in [6.07, 6.45) is 2.71. The van der Waals surface area contributed by atoms with Crippen molar-refractivity contribution in [2.24, 2.45) is 0 Å². The minimum absolute atomic E-state index is 0.274. The summed E-state index contributed by atoms with van der Waals surface area (Å²) in [6, 6.07) is 8.62. The predicted octanol–water partition coefficient (Wildman–Crippen LogP) is 4.51. The molecule has 86 valence electrons. The van der Waals surface area contributed by atoms with Crippen molar-refractivity contribution in [1.82, 2.24) is 0 Å². The summed E-state index contributed by atoms with van der Waals surface area (Å²) in [5.41, 5.74) is 3.33. The predicted molar refractivity (Wildman–Crippen MR) is 71.5 cm³/mol. The van der Waals surface area contributed by atoms with Crippen LogP contribution in [0.3, 0.4) is 0 Å². The van der Waals surface area contributed by atoms with E-state index in [0.717, 1.165) is 6.42 Å². The Labute approximate surface area is 98.7 Å². The van der Waals surface area contributed by atoms with Crippen LogP contribution in [0.4, 0.5) is 0 Å². The van der Waals surface area contributed by atoms with E-state index in [0.29, 0.717) is 11.6 Å². The Morgan fingerprint density at radius 2 is 2.00 bits per heavy atom. The van der Waals surface area contributed by atoms with E-state index in [1.54, 1.807) is 0 Å². The highest BCUT2D eigenvalue weighted by atomic mass is 14.4. The third-order valence-electron chi connectivity index (χ3n) is 2.82. The lowest BCUT2D eigenvalue weighted by molar-refractivity contribution is 0.843. The smallest absolute Gasteiger partial charge is 0.00674 e. The van der Waals surface area contributed by atoms with Crippen molar-refractivity contribution in [2.45, 2.75) is 39.0 Å². The fourth-order valence-corrected chi connectivity index (χ4v) is 1.82. The molecule has 0 saturated heterocycles. The van der Waals surface area contributed by atoms with Gasteiger partial charge in [0.05, 0.1) is 0 Å². The number of rotatable bonds is 5. The molecule has 0 amide bonds. The number of nitrogens with one attached hydrogen (secondary N) is 1. The van der Waals surface area contributed by atoms with Crippen LogP contribution in [0, 0.1) is 5.41 Å². The topological polar surface area (TPSA) is 23.9 Å². The molecule has 1 unspecified atom stereocenters. The lowest BCUT2D eigenvalue weighted by Crippen LogP contribution is -2.02. The molecule has 0 aliphatic carbocycles. The Morgan fingerprint density at radius 1 is 1.38 bits per heavy atom. The molecule has 1 atom stereocenters. The van der Waals surface area contributed by atoms with Gasteiger partial charge in [-0.15, -0.1) is 6.58 Å². The quantitative estimate of drug-likeness (QED) is 0.552. The minimum Gasteiger partial charge on any atom is -0.310 e. The van der Waals surface area contributed by atoms with Gasteiger partial charge in [0.2, 0.25) is 0 Å². The SMILES string of the molecule is C=CC(CC(C)=N)c1cccc(C(C)C)c1. The molecule has 0 fully saturated rings. The standard InChI is InChI=1S/C15H21N/c1-5-13(9-12(4)16)15-8-6-7-14(10-15)11(2)3/h5-8,10-11,13,16H,1,9H2,2-4H3. The van der Waals surface area contributed by atoms with Crippen LogP contribution in [0.15, 0.2) is 36.9 Å². The van der Waals surface area contributed by atoms with Crippen molar-refractivity contribution >= 4 is 5.71 Å². The molecule has 1 heteroatoms. The van der Waals surface area contributed by atoms with Gasteiger partial charge in [0.25, 0.3) is 0 Å². The van der Waals surface area contributed by atoms with E-state index in [1.807, 2.05) is 13.0 Å². The van der Waals surface area contributed by atoms with Gasteiger partial charge in [0, 0.05) is 11.6 Å². The van der Waals surface area contributed by atoms with Crippen molar-refractivity contribution < 1.29 is 0 Å². The monoisotopic (exact) mass is 215 g/mol. The zero-order chi connectivity index (χ0) is 12.1. The van der Waals surface area contributed by atoms with Crippen molar-refractivity contribution in [3.63, 3.8) is 0 Å². The Balaban J connectivity index is 2.96. The van der Waals surface area contributed by atoms with Gasteiger partial charge in [0.1, 0.15) is 0 Å². The molecular formula is C15H21N. The molecule has 0 aliphatic heterocycles. The zero-order valence-electron chi connectivity index (χ0n) is 10.5. The number of hydrogen-bond donors (Lipinski definition) is 1. The van der Waals surface area contributed by atoms with Crippen LogP contribution < -0.4 is 0 Å². The molecule has 0 saturated carbocycles. The van der Waals surface area contributed by atoms with Gasteiger partial charge in [-0.2, -0.15) is 0 Å². The molecule has 1 aromatic carbocycles. The molecule has 1 aromatic rings. The Hall–Kier alpha value is -1.37. The summed E-state index contributed by atoms with van der Waals surface area (Å²) in [6.45, 7) is 10.1. The molecule has 0 heterocycles. The maximum atomic E-state index is 7.57. The summed E-state index contributed by atoms with van der Waals surface area (Å²) in [7, 11) is 0. The van der Waals surface area contributed by atoms with Gasteiger partial charge < -0.3 is 5.41 Å². The first-order chi connectivity index (χ1) is 7.54. The van der Waals surface area contributed by atoms with Gasteiger partial charge in [-0.3, -0.25) is 0 Å². The molecule has 0 bridgehead atoms. The van der Waals surface area contributed by atoms with Gasteiger partial charge in [-0.1, -0.05) is 44.2 Å². The summed E-state index contributed by atoms with van der Waals surface area (Å²) in [4.78, 5) is 0. The second-order valence-electron chi connectivity index (χ2n) is 4.65.